The molecule has 2 saturated heterocycles. The maximum atomic E-state index is 12.5. The third kappa shape index (κ3) is 3.75. The molecule has 1 aromatic rings. The standard InChI is InChI=1S/C17H22BrN3O2/c1-12(22)13-2-4-15(5-3-13)20-6-8-21(9-7-20)17(23)16-10-14(18)11-19-16/h2-5,14,16,19H,6-11H2,1H3. The van der Waals surface area contributed by atoms with Crippen molar-refractivity contribution in [3.63, 3.8) is 0 Å². The van der Waals surface area contributed by atoms with Gasteiger partial charge in [-0.05, 0) is 37.6 Å². The Hall–Kier alpha value is -1.40. The molecule has 2 heterocycles. The molecule has 0 aromatic heterocycles. The predicted octanol–water partition coefficient (Wildman–Crippen LogP) is 1.66. The molecule has 5 nitrogen and oxygen atoms in total. The molecule has 1 aromatic carbocycles. The number of ketones is 1. The fourth-order valence-corrected chi connectivity index (χ4v) is 3.75. The van der Waals surface area contributed by atoms with Gasteiger partial charge in [-0.15, -0.1) is 0 Å². The van der Waals surface area contributed by atoms with Crippen LogP contribution in [0.4, 0.5) is 5.69 Å². The molecular formula is C17H22BrN3O2. The number of hydrogen-bond acceptors (Lipinski definition) is 4. The molecule has 2 aliphatic rings. The molecule has 0 aliphatic carbocycles. The molecular weight excluding hydrogens is 358 g/mol. The summed E-state index contributed by atoms with van der Waals surface area (Å²) in [5, 5.41) is 3.28. The summed E-state index contributed by atoms with van der Waals surface area (Å²) >= 11 is 3.56. The Kier molecular flexibility index (Phi) is 5.02. The zero-order chi connectivity index (χ0) is 16.4. The lowest BCUT2D eigenvalue weighted by molar-refractivity contribution is -0.133. The van der Waals surface area contributed by atoms with E-state index >= 15 is 0 Å². The van der Waals surface area contributed by atoms with E-state index in [0.29, 0.717) is 4.83 Å². The summed E-state index contributed by atoms with van der Waals surface area (Å²) in [6, 6.07) is 7.67. The molecule has 2 fully saturated rings. The summed E-state index contributed by atoms with van der Waals surface area (Å²) in [5.41, 5.74) is 1.85. The normalized spacial score (nSPS) is 24.8. The van der Waals surface area contributed by atoms with Gasteiger partial charge in [-0.1, -0.05) is 15.9 Å². The minimum absolute atomic E-state index is 0.0409. The second kappa shape index (κ2) is 7.01. The van der Waals surface area contributed by atoms with E-state index in [1.54, 1.807) is 6.92 Å². The maximum Gasteiger partial charge on any atom is 0.239 e. The topological polar surface area (TPSA) is 52.7 Å². The number of hydrogen-bond donors (Lipinski definition) is 1. The first-order valence-corrected chi connectivity index (χ1v) is 8.98. The van der Waals surface area contributed by atoms with E-state index in [2.05, 4.69) is 26.1 Å². The Balaban J connectivity index is 1.55. The first-order chi connectivity index (χ1) is 11.0. The molecule has 2 aliphatic heterocycles. The number of Topliss-reactive ketones (excluding diaryl/α,β-unsaturated/α-hetero) is 1. The summed E-state index contributed by atoms with van der Waals surface area (Å²) in [4.78, 5) is 28.5. The van der Waals surface area contributed by atoms with Gasteiger partial charge in [-0.3, -0.25) is 9.59 Å². The lowest BCUT2D eigenvalue weighted by atomic mass is 10.1. The van der Waals surface area contributed by atoms with Crippen LogP contribution in [-0.2, 0) is 4.79 Å². The van der Waals surface area contributed by atoms with Crippen LogP contribution in [0, 0.1) is 0 Å². The highest BCUT2D eigenvalue weighted by atomic mass is 79.9. The molecule has 6 heteroatoms. The Morgan fingerprint density at radius 2 is 1.78 bits per heavy atom. The molecule has 3 rings (SSSR count). The number of piperazine rings is 1. The van der Waals surface area contributed by atoms with Crippen molar-refractivity contribution in [1.29, 1.82) is 0 Å². The highest BCUT2D eigenvalue weighted by Gasteiger charge is 2.32. The van der Waals surface area contributed by atoms with Crippen LogP contribution >= 0.6 is 15.9 Å². The fourth-order valence-electron chi connectivity index (χ4n) is 3.19. The zero-order valence-corrected chi connectivity index (χ0v) is 14.9. The summed E-state index contributed by atoms with van der Waals surface area (Å²) in [6.45, 7) is 5.59. The smallest absolute Gasteiger partial charge is 0.239 e. The van der Waals surface area contributed by atoms with Crippen molar-refractivity contribution in [2.24, 2.45) is 0 Å². The monoisotopic (exact) mass is 379 g/mol. The first kappa shape index (κ1) is 16.5. The molecule has 2 atom stereocenters. The van der Waals surface area contributed by atoms with Crippen LogP contribution in [0.5, 0.6) is 0 Å². The molecule has 124 valence electrons. The van der Waals surface area contributed by atoms with E-state index in [0.717, 1.165) is 50.4 Å². The second-order valence-corrected chi connectivity index (χ2v) is 7.50. The number of amides is 1. The number of halogens is 1. The van der Waals surface area contributed by atoms with Gasteiger partial charge in [-0.25, -0.2) is 0 Å². The average Bonchev–Trinajstić information content (AvgIpc) is 3.01. The number of rotatable bonds is 3. The lowest BCUT2D eigenvalue weighted by Gasteiger charge is -2.37. The quantitative estimate of drug-likeness (QED) is 0.640. The number of nitrogens with one attached hydrogen (secondary N) is 1. The van der Waals surface area contributed by atoms with Crippen LogP contribution in [0.1, 0.15) is 23.7 Å². The summed E-state index contributed by atoms with van der Waals surface area (Å²) < 4.78 is 0. The Bertz CT molecular complexity index is 582. The molecule has 0 saturated carbocycles. The van der Waals surface area contributed by atoms with Crippen LogP contribution in [-0.4, -0.2) is 60.2 Å². The molecule has 0 radical (unpaired) electrons. The zero-order valence-electron chi connectivity index (χ0n) is 13.3. The van der Waals surface area contributed by atoms with Gasteiger partial charge in [0, 0.05) is 48.8 Å². The number of benzene rings is 1. The lowest BCUT2D eigenvalue weighted by Crippen LogP contribution is -2.53. The van der Waals surface area contributed by atoms with Crippen molar-refractivity contribution in [1.82, 2.24) is 10.2 Å². The van der Waals surface area contributed by atoms with Crippen LogP contribution in [0.2, 0.25) is 0 Å². The van der Waals surface area contributed by atoms with Crippen molar-refractivity contribution >= 4 is 33.3 Å². The van der Waals surface area contributed by atoms with Gasteiger partial charge in [0.2, 0.25) is 5.91 Å². The van der Waals surface area contributed by atoms with E-state index in [1.165, 1.54) is 0 Å². The van der Waals surface area contributed by atoms with E-state index < -0.39 is 0 Å². The van der Waals surface area contributed by atoms with Crippen LogP contribution in [0.25, 0.3) is 0 Å². The third-order valence-corrected chi connectivity index (χ3v) is 5.30. The van der Waals surface area contributed by atoms with Crippen molar-refractivity contribution in [3.05, 3.63) is 29.8 Å². The highest BCUT2D eigenvalue weighted by molar-refractivity contribution is 9.09. The van der Waals surface area contributed by atoms with Gasteiger partial charge in [-0.2, -0.15) is 0 Å². The van der Waals surface area contributed by atoms with Crippen LogP contribution in [0.15, 0.2) is 24.3 Å². The minimum Gasteiger partial charge on any atom is -0.368 e. The summed E-state index contributed by atoms with van der Waals surface area (Å²) in [6.07, 6.45) is 0.867. The number of anilines is 1. The van der Waals surface area contributed by atoms with Crippen LogP contribution < -0.4 is 10.2 Å². The highest BCUT2D eigenvalue weighted by Crippen LogP contribution is 2.20. The summed E-state index contributed by atoms with van der Waals surface area (Å²) in [7, 11) is 0. The van der Waals surface area contributed by atoms with Crippen molar-refractivity contribution < 1.29 is 9.59 Å². The fraction of sp³-hybridized carbons (Fsp3) is 0.529. The Morgan fingerprint density at radius 3 is 2.30 bits per heavy atom. The van der Waals surface area contributed by atoms with Crippen molar-refractivity contribution in [3.8, 4) is 0 Å². The van der Waals surface area contributed by atoms with Crippen LogP contribution in [0.3, 0.4) is 0 Å². The Labute approximate surface area is 145 Å². The third-order valence-electron chi connectivity index (χ3n) is 4.61. The largest absolute Gasteiger partial charge is 0.368 e. The van der Waals surface area contributed by atoms with Gasteiger partial charge in [0.1, 0.15) is 0 Å². The van der Waals surface area contributed by atoms with Crippen molar-refractivity contribution in [2.45, 2.75) is 24.2 Å². The molecule has 1 amide bonds. The van der Waals surface area contributed by atoms with Gasteiger partial charge in [0.25, 0.3) is 0 Å². The number of carbonyl (C=O) groups excluding carboxylic acids is 2. The average molecular weight is 380 g/mol. The van der Waals surface area contributed by atoms with Crippen molar-refractivity contribution in [2.75, 3.05) is 37.6 Å². The maximum absolute atomic E-state index is 12.5. The van der Waals surface area contributed by atoms with E-state index in [9.17, 15) is 9.59 Å². The predicted molar refractivity (Wildman–Crippen MR) is 94.4 cm³/mol. The number of nitrogens with zero attached hydrogens (tertiary/aromatic N) is 2. The van der Waals surface area contributed by atoms with Gasteiger partial charge in [0.15, 0.2) is 5.78 Å². The number of alkyl halides is 1. The Morgan fingerprint density at radius 1 is 1.13 bits per heavy atom. The molecule has 23 heavy (non-hydrogen) atoms. The van der Waals surface area contributed by atoms with E-state index in [4.69, 9.17) is 0 Å². The van der Waals surface area contributed by atoms with E-state index in [1.807, 2.05) is 29.2 Å². The second-order valence-electron chi connectivity index (χ2n) is 6.21. The first-order valence-electron chi connectivity index (χ1n) is 8.07. The summed E-state index contributed by atoms with van der Waals surface area (Å²) in [5.74, 6) is 0.305. The molecule has 2 unspecified atom stereocenters. The molecule has 1 N–H and O–H groups in total. The van der Waals surface area contributed by atoms with Gasteiger partial charge < -0.3 is 15.1 Å². The molecule has 0 spiro atoms. The van der Waals surface area contributed by atoms with Gasteiger partial charge in [0.05, 0.1) is 6.04 Å². The SMILES string of the molecule is CC(=O)c1ccc(N2CCN(C(=O)C3CC(Br)CN3)CC2)cc1. The van der Waals surface area contributed by atoms with Gasteiger partial charge >= 0.3 is 0 Å². The minimum atomic E-state index is -0.0409. The number of carbonyl (C=O) groups is 2. The molecule has 0 bridgehead atoms. The van der Waals surface area contributed by atoms with E-state index in [-0.39, 0.29) is 17.7 Å².